The Kier molecular flexibility index (Phi) is 2.73. The summed E-state index contributed by atoms with van der Waals surface area (Å²) in [5.41, 5.74) is 0.774. The van der Waals surface area contributed by atoms with Crippen molar-refractivity contribution in [2.45, 2.75) is 0 Å². The first kappa shape index (κ1) is 11.6. The van der Waals surface area contributed by atoms with Gasteiger partial charge in [-0.3, -0.25) is 0 Å². The van der Waals surface area contributed by atoms with E-state index in [0.717, 1.165) is 36.2 Å². The minimum atomic E-state index is 0.636. The molecule has 1 fully saturated rings. The number of aromatic nitrogens is 5. The molecule has 1 aliphatic heterocycles. The molecule has 3 aromatic rings. The fraction of sp³-hybridized carbons (Fsp3) is 0.333. The molecular weight excluding hydrogens is 274 g/mol. The van der Waals surface area contributed by atoms with E-state index < -0.39 is 0 Å². The first-order chi connectivity index (χ1) is 9.88. The summed E-state index contributed by atoms with van der Waals surface area (Å²) in [6.07, 6.45) is 3.44. The summed E-state index contributed by atoms with van der Waals surface area (Å²) in [5.74, 6) is 1.61. The molecular formula is C12H13N7S. The van der Waals surface area contributed by atoms with Crippen molar-refractivity contribution in [3.63, 3.8) is 0 Å². The van der Waals surface area contributed by atoms with Crippen LogP contribution < -0.4 is 10.2 Å². The second-order valence-corrected chi connectivity index (χ2v) is 5.71. The van der Waals surface area contributed by atoms with Crippen LogP contribution in [0.2, 0.25) is 0 Å². The lowest BCUT2D eigenvalue weighted by atomic mass is 10.0. The zero-order valence-corrected chi connectivity index (χ0v) is 11.5. The van der Waals surface area contributed by atoms with E-state index in [-0.39, 0.29) is 0 Å². The molecule has 0 bridgehead atoms. The number of anilines is 2. The van der Waals surface area contributed by atoms with Gasteiger partial charge in [0.2, 0.25) is 0 Å². The third kappa shape index (κ3) is 2.07. The monoisotopic (exact) mass is 287 g/mol. The average Bonchev–Trinajstić information content (AvgIpc) is 3.07. The second-order valence-electron chi connectivity index (χ2n) is 4.81. The Bertz CT molecular complexity index is 702. The fourth-order valence-electron chi connectivity index (χ4n) is 2.32. The minimum Gasteiger partial charge on any atom is -0.361 e. The largest absolute Gasteiger partial charge is 0.361 e. The number of nitrogens with one attached hydrogen (secondary N) is 1. The number of hydrogen-bond donors (Lipinski definition) is 1. The number of thiazole rings is 1. The van der Waals surface area contributed by atoms with Crippen molar-refractivity contribution < 1.29 is 0 Å². The maximum atomic E-state index is 4.49. The summed E-state index contributed by atoms with van der Waals surface area (Å²) >= 11 is 1.63. The summed E-state index contributed by atoms with van der Waals surface area (Å²) in [6, 6.07) is 3.94. The predicted octanol–water partition coefficient (Wildman–Crippen LogP) is 1.13. The molecule has 3 aromatic heterocycles. The fourth-order valence-corrected chi connectivity index (χ4v) is 2.85. The Morgan fingerprint density at radius 2 is 2.30 bits per heavy atom. The molecule has 0 amide bonds. The van der Waals surface area contributed by atoms with Crippen LogP contribution in [0.15, 0.2) is 30.0 Å². The molecule has 1 saturated heterocycles. The molecule has 0 unspecified atom stereocenters. The standard InChI is InChI=1S/C12H13N7S/c1-2-11(17-19-8-15-16-10(1)19)18-6-9(7-18)5-14-12-13-3-4-20-12/h1-4,8-9H,5-7H2,(H,13,14). The zero-order valence-electron chi connectivity index (χ0n) is 10.7. The third-order valence-corrected chi connectivity index (χ3v) is 4.13. The van der Waals surface area contributed by atoms with E-state index in [4.69, 9.17) is 0 Å². The van der Waals surface area contributed by atoms with Gasteiger partial charge in [-0.05, 0) is 12.1 Å². The molecule has 4 heterocycles. The van der Waals surface area contributed by atoms with Crippen LogP contribution >= 0.6 is 11.3 Å². The molecule has 0 aromatic carbocycles. The van der Waals surface area contributed by atoms with Gasteiger partial charge in [0, 0.05) is 37.1 Å². The lowest BCUT2D eigenvalue weighted by molar-refractivity contribution is 0.425. The third-order valence-electron chi connectivity index (χ3n) is 3.40. The molecule has 4 rings (SSSR count). The molecule has 0 saturated carbocycles. The average molecular weight is 287 g/mol. The van der Waals surface area contributed by atoms with Crippen LogP contribution in [0.3, 0.4) is 0 Å². The quantitative estimate of drug-likeness (QED) is 0.775. The molecule has 1 aliphatic rings. The highest BCUT2D eigenvalue weighted by molar-refractivity contribution is 7.13. The molecule has 0 atom stereocenters. The van der Waals surface area contributed by atoms with Gasteiger partial charge < -0.3 is 10.2 Å². The lowest BCUT2D eigenvalue weighted by Crippen LogP contribution is -2.50. The molecule has 1 N–H and O–H groups in total. The Hall–Kier alpha value is -2.22. The van der Waals surface area contributed by atoms with Crippen molar-refractivity contribution >= 4 is 27.9 Å². The van der Waals surface area contributed by atoms with Crippen molar-refractivity contribution in [2.75, 3.05) is 29.9 Å². The van der Waals surface area contributed by atoms with Crippen molar-refractivity contribution in [1.82, 2.24) is 24.8 Å². The van der Waals surface area contributed by atoms with Crippen molar-refractivity contribution in [1.29, 1.82) is 0 Å². The molecule has 20 heavy (non-hydrogen) atoms. The van der Waals surface area contributed by atoms with Crippen LogP contribution in [0.25, 0.3) is 5.65 Å². The first-order valence-electron chi connectivity index (χ1n) is 6.44. The zero-order chi connectivity index (χ0) is 13.4. The highest BCUT2D eigenvalue weighted by Gasteiger charge is 2.27. The predicted molar refractivity (Wildman–Crippen MR) is 77.1 cm³/mol. The normalized spacial score (nSPS) is 15.5. The molecule has 0 radical (unpaired) electrons. The Morgan fingerprint density at radius 1 is 1.35 bits per heavy atom. The lowest BCUT2D eigenvalue weighted by Gasteiger charge is -2.40. The van der Waals surface area contributed by atoms with E-state index in [1.807, 2.05) is 23.7 Å². The van der Waals surface area contributed by atoms with Gasteiger partial charge in [0.25, 0.3) is 0 Å². The Morgan fingerprint density at radius 3 is 3.15 bits per heavy atom. The van der Waals surface area contributed by atoms with E-state index >= 15 is 0 Å². The number of fused-ring (bicyclic) bond motifs is 1. The Labute approximate surface area is 119 Å². The van der Waals surface area contributed by atoms with E-state index in [0.29, 0.717) is 5.92 Å². The summed E-state index contributed by atoms with van der Waals surface area (Å²) in [4.78, 5) is 6.47. The van der Waals surface area contributed by atoms with Gasteiger partial charge >= 0.3 is 0 Å². The van der Waals surface area contributed by atoms with Crippen LogP contribution in [0, 0.1) is 5.92 Å². The molecule has 7 nitrogen and oxygen atoms in total. The van der Waals surface area contributed by atoms with E-state index in [2.05, 4.69) is 30.5 Å². The summed E-state index contributed by atoms with van der Waals surface area (Å²) in [5, 5.41) is 18.6. The molecule has 0 aliphatic carbocycles. The highest BCUT2D eigenvalue weighted by atomic mass is 32.1. The molecule has 8 heteroatoms. The molecule has 0 spiro atoms. The van der Waals surface area contributed by atoms with E-state index in [1.165, 1.54) is 0 Å². The van der Waals surface area contributed by atoms with Crippen LogP contribution in [-0.2, 0) is 0 Å². The van der Waals surface area contributed by atoms with Crippen LogP contribution in [-0.4, -0.2) is 44.4 Å². The van der Waals surface area contributed by atoms with E-state index in [9.17, 15) is 0 Å². The highest BCUT2D eigenvalue weighted by Crippen LogP contribution is 2.23. The number of hydrogen-bond acceptors (Lipinski definition) is 7. The van der Waals surface area contributed by atoms with Crippen molar-refractivity contribution in [3.8, 4) is 0 Å². The maximum Gasteiger partial charge on any atom is 0.182 e. The van der Waals surface area contributed by atoms with Crippen LogP contribution in [0.4, 0.5) is 10.9 Å². The van der Waals surface area contributed by atoms with Gasteiger partial charge in [0.1, 0.15) is 12.1 Å². The SMILES string of the molecule is c1csc(NCC2CN(c3ccc4nncn4n3)C2)n1. The molecule has 102 valence electrons. The van der Waals surface area contributed by atoms with Crippen LogP contribution in [0.1, 0.15) is 0 Å². The van der Waals surface area contributed by atoms with Gasteiger partial charge in [-0.15, -0.1) is 26.6 Å². The number of rotatable bonds is 4. The van der Waals surface area contributed by atoms with Gasteiger partial charge in [-0.1, -0.05) is 0 Å². The minimum absolute atomic E-state index is 0.636. The summed E-state index contributed by atoms with van der Waals surface area (Å²) < 4.78 is 1.70. The van der Waals surface area contributed by atoms with Crippen molar-refractivity contribution in [3.05, 3.63) is 30.0 Å². The van der Waals surface area contributed by atoms with Gasteiger partial charge in [-0.25, -0.2) is 4.98 Å². The van der Waals surface area contributed by atoms with Gasteiger partial charge in [0.05, 0.1) is 0 Å². The van der Waals surface area contributed by atoms with E-state index in [1.54, 1.807) is 22.2 Å². The van der Waals surface area contributed by atoms with Gasteiger partial charge in [-0.2, -0.15) is 4.52 Å². The topological polar surface area (TPSA) is 71.2 Å². The summed E-state index contributed by atoms with van der Waals surface area (Å²) in [7, 11) is 0. The number of nitrogens with zero attached hydrogens (tertiary/aromatic N) is 6. The van der Waals surface area contributed by atoms with Gasteiger partial charge in [0.15, 0.2) is 10.8 Å². The summed E-state index contributed by atoms with van der Waals surface area (Å²) in [6.45, 7) is 2.98. The first-order valence-corrected chi connectivity index (χ1v) is 7.32. The van der Waals surface area contributed by atoms with Crippen molar-refractivity contribution in [2.24, 2.45) is 5.92 Å². The van der Waals surface area contributed by atoms with Crippen LogP contribution in [0.5, 0.6) is 0 Å². The second kappa shape index (κ2) is 4.71. The smallest absolute Gasteiger partial charge is 0.182 e. The maximum absolute atomic E-state index is 4.49. The Balaban J connectivity index is 1.35.